The van der Waals surface area contributed by atoms with E-state index in [1.54, 1.807) is 0 Å². The molecule has 0 radical (unpaired) electrons. The van der Waals surface area contributed by atoms with Crippen LogP contribution in [-0.4, -0.2) is 6.54 Å². The van der Waals surface area contributed by atoms with Crippen molar-refractivity contribution in [2.75, 3.05) is 6.54 Å². The van der Waals surface area contributed by atoms with Gasteiger partial charge in [-0.3, -0.25) is 4.99 Å². The summed E-state index contributed by atoms with van der Waals surface area (Å²) >= 11 is 0. The molecule has 0 saturated heterocycles. The molecule has 1 aliphatic rings. The van der Waals surface area contributed by atoms with Crippen LogP contribution in [0.4, 0.5) is 0 Å². The van der Waals surface area contributed by atoms with Crippen molar-refractivity contribution in [3.8, 4) is 0 Å². The maximum absolute atomic E-state index is 4.41. The number of hydrogen-bond acceptors (Lipinski definition) is 1. The molecule has 1 nitrogen and oxygen atoms in total. The molecule has 1 heterocycles. The van der Waals surface area contributed by atoms with Crippen molar-refractivity contribution in [3.63, 3.8) is 0 Å². The summed E-state index contributed by atoms with van der Waals surface area (Å²) in [6, 6.07) is 8.36. The maximum Gasteiger partial charge on any atom is 0.0650 e. The first-order valence-corrected chi connectivity index (χ1v) is 4.03. The van der Waals surface area contributed by atoms with Crippen molar-refractivity contribution in [1.82, 2.24) is 0 Å². The molecular weight excluding hydrogens is 134 g/mol. The molecule has 11 heavy (non-hydrogen) atoms. The minimum absolute atomic E-state index is 0.913. The standard InChI is InChI=1S/C10H11N/c1-2-8-7-11-10-6-4-3-5-9(8)10/h3-6H,2,7H2,1H3. The molecule has 0 amide bonds. The number of hydrogen-bond donors (Lipinski definition) is 0. The molecule has 0 atom stereocenters. The smallest absolute Gasteiger partial charge is 0.0650 e. The van der Waals surface area contributed by atoms with Gasteiger partial charge in [0.15, 0.2) is 0 Å². The van der Waals surface area contributed by atoms with Gasteiger partial charge in [-0.2, -0.15) is 0 Å². The summed E-state index contributed by atoms with van der Waals surface area (Å²) in [5.41, 5.74) is 1.47. The Morgan fingerprint density at radius 1 is 1.36 bits per heavy atom. The minimum Gasteiger partial charge on any atom is -0.280 e. The van der Waals surface area contributed by atoms with E-state index in [1.807, 2.05) is 6.07 Å². The van der Waals surface area contributed by atoms with Crippen molar-refractivity contribution in [3.05, 3.63) is 34.8 Å². The summed E-state index contributed by atoms with van der Waals surface area (Å²) in [4.78, 5) is 4.41. The van der Waals surface area contributed by atoms with E-state index in [-0.39, 0.29) is 0 Å². The van der Waals surface area contributed by atoms with Crippen LogP contribution >= 0.6 is 0 Å². The molecule has 0 spiro atoms. The molecule has 0 aliphatic carbocycles. The Labute approximate surface area is 66.1 Å². The molecule has 0 bridgehead atoms. The zero-order valence-corrected chi connectivity index (χ0v) is 6.67. The average molecular weight is 145 g/mol. The molecule has 1 heteroatoms. The van der Waals surface area contributed by atoms with E-state index in [0.717, 1.165) is 13.0 Å². The van der Waals surface area contributed by atoms with Crippen LogP contribution < -0.4 is 10.6 Å². The first kappa shape index (κ1) is 6.59. The molecule has 1 aliphatic heterocycles. The van der Waals surface area contributed by atoms with Gasteiger partial charge in [0.25, 0.3) is 0 Å². The largest absolute Gasteiger partial charge is 0.280 e. The fourth-order valence-corrected chi connectivity index (χ4v) is 1.48. The summed E-state index contributed by atoms with van der Waals surface area (Å²) < 4.78 is 0. The molecule has 0 aromatic heterocycles. The van der Waals surface area contributed by atoms with E-state index in [1.165, 1.54) is 16.1 Å². The van der Waals surface area contributed by atoms with Gasteiger partial charge in [-0.05, 0) is 18.1 Å². The predicted octanol–water partition coefficient (Wildman–Crippen LogP) is 0.880. The summed E-state index contributed by atoms with van der Waals surface area (Å²) in [7, 11) is 0. The van der Waals surface area contributed by atoms with Crippen molar-refractivity contribution in [2.24, 2.45) is 4.99 Å². The normalized spacial score (nSPS) is 14.5. The van der Waals surface area contributed by atoms with Crippen LogP contribution in [0.15, 0.2) is 29.3 Å². The Morgan fingerprint density at radius 3 is 3.00 bits per heavy atom. The highest BCUT2D eigenvalue weighted by Crippen LogP contribution is 2.01. The third-order valence-electron chi connectivity index (χ3n) is 2.15. The highest BCUT2D eigenvalue weighted by atomic mass is 14.7. The third kappa shape index (κ3) is 0.967. The lowest BCUT2D eigenvalue weighted by atomic mass is 10.1. The zero-order chi connectivity index (χ0) is 7.68. The Kier molecular flexibility index (Phi) is 1.50. The van der Waals surface area contributed by atoms with Gasteiger partial charge in [0, 0.05) is 5.22 Å². The second kappa shape index (κ2) is 2.50. The predicted molar refractivity (Wildman–Crippen MR) is 45.8 cm³/mol. The fraction of sp³-hybridized carbons (Fsp3) is 0.300. The number of para-hydroxylation sites is 1. The Balaban J connectivity index is 2.79. The summed E-state index contributed by atoms with van der Waals surface area (Å²) in [5.74, 6) is 0. The van der Waals surface area contributed by atoms with Gasteiger partial charge < -0.3 is 0 Å². The lowest BCUT2D eigenvalue weighted by Gasteiger charge is -1.91. The molecule has 2 rings (SSSR count). The van der Waals surface area contributed by atoms with Gasteiger partial charge in [0.2, 0.25) is 0 Å². The van der Waals surface area contributed by atoms with Crippen LogP contribution in [0.1, 0.15) is 13.3 Å². The fourth-order valence-electron chi connectivity index (χ4n) is 1.48. The van der Waals surface area contributed by atoms with Crippen LogP contribution in [0, 0.1) is 0 Å². The molecule has 0 saturated carbocycles. The Morgan fingerprint density at radius 2 is 2.18 bits per heavy atom. The van der Waals surface area contributed by atoms with E-state index >= 15 is 0 Å². The average Bonchev–Trinajstić information content (AvgIpc) is 2.47. The van der Waals surface area contributed by atoms with E-state index in [4.69, 9.17) is 0 Å². The lowest BCUT2D eigenvalue weighted by Crippen LogP contribution is -2.21. The molecule has 0 N–H and O–H groups in total. The van der Waals surface area contributed by atoms with Crippen LogP contribution in [0.5, 0.6) is 0 Å². The molecule has 0 fully saturated rings. The first-order chi connectivity index (χ1) is 5.42. The minimum atomic E-state index is 0.913. The number of rotatable bonds is 1. The van der Waals surface area contributed by atoms with Crippen LogP contribution in [0.25, 0.3) is 5.57 Å². The Bertz CT molecular complexity index is 376. The number of fused-ring (bicyclic) bond motifs is 1. The third-order valence-corrected chi connectivity index (χ3v) is 2.15. The van der Waals surface area contributed by atoms with Gasteiger partial charge >= 0.3 is 0 Å². The van der Waals surface area contributed by atoms with Gasteiger partial charge in [-0.1, -0.05) is 25.1 Å². The van der Waals surface area contributed by atoms with E-state index in [2.05, 4.69) is 30.1 Å². The lowest BCUT2D eigenvalue weighted by molar-refractivity contribution is 1.13. The van der Waals surface area contributed by atoms with Crippen LogP contribution in [0.2, 0.25) is 0 Å². The van der Waals surface area contributed by atoms with Crippen LogP contribution in [-0.2, 0) is 0 Å². The molecule has 1 aromatic rings. The van der Waals surface area contributed by atoms with Gasteiger partial charge in [0.05, 0.1) is 11.9 Å². The Hall–Kier alpha value is -1.11. The number of benzene rings is 1. The van der Waals surface area contributed by atoms with Gasteiger partial charge in [-0.25, -0.2) is 0 Å². The second-order valence-corrected chi connectivity index (χ2v) is 2.79. The zero-order valence-electron chi connectivity index (χ0n) is 6.67. The highest BCUT2D eigenvalue weighted by Gasteiger charge is 2.01. The SMILES string of the molecule is CCC1=c2ccccc2=NC1. The van der Waals surface area contributed by atoms with Crippen molar-refractivity contribution >= 4 is 5.57 Å². The number of nitrogens with zero attached hydrogens (tertiary/aromatic N) is 1. The molecular formula is C10H11N. The van der Waals surface area contributed by atoms with Gasteiger partial charge in [0.1, 0.15) is 0 Å². The summed E-state index contributed by atoms with van der Waals surface area (Å²) in [6.45, 7) is 3.10. The van der Waals surface area contributed by atoms with Crippen molar-refractivity contribution in [2.45, 2.75) is 13.3 Å². The maximum atomic E-state index is 4.41. The molecule has 56 valence electrons. The first-order valence-electron chi connectivity index (χ1n) is 4.03. The van der Waals surface area contributed by atoms with Crippen molar-refractivity contribution < 1.29 is 0 Å². The summed E-state index contributed by atoms with van der Waals surface area (Å²) in [5, 5.41) is 2.53. The molecule has 0 unspecified atom stereocenters. The second-order valence-electron chi connectivity index (χ2n) is 2.79. The topological polar surface area (TPSA) is 12.4 Å². The molecule has 1 aromatic carbocycles. The van der Waals surface area contributed by atoms with E-state index in [9.17, 15) is 0 Å². The van der Waals surface area contributed by atoms with E-state index < -0.39 is 0 Å². The highest BCUT2D eigenvalue weighted by molar-refractivity contribution is 5.48. The van der Waals surface area contributed by atoms with Gasteiger partial charge in [-0.15, -0.1) is 0 Å². The summed E-state index contributed by atoms with van der Waals surface area (Å²) in [6.07, 6.45) is 1.13. The van der Waals surface area contributed by atoms with E-state index in [0.29, 0.717) is 0 Å². The van der Waals surface area contributed by atoms with Crippen LogP contribution in [0.3, 0.4) is 0 Å². The monoisotopic (exact) mass is 145 g/mol. The van der Waals surface area contributed by atoms with Crippen molar-refractivity contribution in [1.29, 1.82) is 0 Å². The quantitative estimate of drug-likeness (QED) is 0.556.